The Morgan fingerprint density at radius 1 is 1.31 bits per heavy atom. The lowest BCUT2D eigenvalue weighted by Gasteiger charge is -2.02. The predicted octanol–water partition coefficient (Wildman–Crippen LogP) is 3.09. The van der Waals surface area contributed by atoms with Crippen LogP contribution in [0.2, 0.25) is 0 Å². The fraction of sp³-hybridized carbons (Fsp3) is 0.200. The third-order valence-corrected chi connectivity index (χ3v) is 2.27. The average molecular weight is 237 g/mol. The number of hydrogen-bond donors (Lipinski definition) is 0. The summed E-state index contributed by atoms with van der Waals surface area (Å²) < 4.78 is 0. The standard InChI is InChI=1S/C10H9BrN2/c1-7(11)10-12-6-8-4-2-3-5-9(8)13-10/h2-7H,1H3. The zero-order valence-corrected chi connectivity index (χ0v) is 8.82. The maximum atomic E-state index is 4.42. The van der Waals surface area contributed by atoms with Gasteiger partial charge in [-0.25, -0.2) is 9.97 Å². The molecule has 0 amide bonds. The molecule has 0 fully saturated rings. The molecule has 2 rings (SSSR count). The first kappa shape index (κ1) is 8.63. The van der Waals surface area contributed by atoms with Gasteiger partial charge in [0.05, 0.1) is 10.3 Å². The average Bonchev–Trinajstić information content (AvgIpc) is 2.17. The summed E-state index contributed by atoms with van der Waals surface area (Å²) >= 11 is 3.44. The van der Waals surface area contributed by atoms with Crippen molar-refractivity contribution in [1.29, 1.82) is 0 Å². The van der Waals surface area contributed by atoms with Gasteiger partial charge < -0.3 is 0 Å². The molecule has 1 aromatic carbocycles. The molecule has 0 aliphatic carbocycles. The van der Waals surface area contributed by atoms with E-state index in [0.29, 0.717) is 0 Å². The van der Waals surface area contributed by atoms with Crippen LogP contribution >= 0.6 is 15.9 Å². The summed E-state index contributed by atoms with van der Waals surface area (Å²) in [4.78, 5) is 8.87. The first-order valence-electron chi connectivity index (χ1n) is 4.13. The van der Waals surface area contributed by atoms with Gasteiger partial charge in [0.1, 0.15) is 5.82 Å². The lowest BCUT2D eigenvalue weighted by molar-refractivity contribution is 0.952. The Balaban J connectivity index is 2.62. The minimum atomic E-state index is 0.206. The van der Waals surface area contributed by atoms with E-state index < -0.39 is 0 Å². The van der Waals surface area contributed by atoms with Gasteiger partial charge in [0, 0.05) is 11.6 Å². The summed E-state index contributed by atoms with van der Waals surface area (Å²) in [5, 5.41) is 1.08. The first-order chi connectivity index (χ1) is 6.27. The molecule has 0 N–H and O–H groups in total. The Labute approximate surface area is 85.1 Å². The summed E-state index contributed by atoms with van der Waals surface area (Å²) in [6, 6.07) is 7.98. The zero-order chi connectivity index (χ0) is 9.26. The van der Waals surface area contributed by atoms with Crippen LogP contribution in [0.3, 0.4) is 0 Å². The maximum Gasteiger partial charge on any atom is 0.142 e. The van der Waals surface area contributed by atoms with Crippen molar-refractivity contribution in [1.82, 2.24) is 9.97 Å². The van der Waals surface area contributed by atoms with E-state index in [4.69, 9.17) is 0 Å². The SMILES string of the molecule is CC(Br)c1ncc2ccccc2n1. The molecule has 1 aromatic heterocycles. The van der Waals surface area contributed by atoms with Crippen LogP contribution in [0.5, 0.6) is 0 Å². The minimum Gasteiger partial charge on any atom is -0.240 e. The van der Waals surface area contributed by atoms with Gasteiger partial charge in [-0.1, -0.05) is 34.1 Å². The zero-order valence-electron chi connectivity index (χ0n) is 7.24. The smallest absolute Gasteiger partial charge is 0.142 e. The molecule has 2 nitrogen and oxygen atoms in total. The highest BCUT2D eigenvalue weighted by atomic mass is 79.9. The highest BCUT2D eigenvalue weighted by Crippen LogP contribution is 2.19. The second-order valence-electron chi connectivity index (χ2n) is 2.90. The Morgan fingerprint density at radius 2 is 2.08 bits per heavy atom. The van der Waals surface area contributed by atoms with Crippen molar-refractivity contribution in [3.8, 4) is 0 Å². The number of nitrogens with zero attached hydrogens (tertiary/aromatic N) is 2. The molecule has 3 heteroatoms. The van der Waals surface area contributed by atoms with Gasteiger partial charge in [-0.15, -0.1) is 0 Å². The quantitative estimate of drug-likeness (QED) is 0.712. The molecule has 1 unspecified atom stereocenters. The second kappa shape index (κ2) is 3.42. The molecule has 0 saturated heterocycles. The number of alkyl halides is 1. The third kappa shape index (κ3) is 1.70. The van der Waals surface area contributed by atoms with Crippen molar-refractivity contribution in [2.45, 2.75) is 11.8 Å². The molecule has 2 aromatic rings. The summed E-state index contributed by atoms with van der Waals surface area (Å²) in [7, 11) is 0. The third-order valence-electron chi connectivity index (χ3n) is 1.86. The molecule has 0 bridgehead atoms. The topological polar surface area (TPSA) is 25.8 Å². The molecular weight excluding hydrogens is 228 g/mol. The van der Waals surface area contributed by atoms with Gasteiger partial charge in [0.2, 0.25) is 0 Å². The largest absolute Gasteiger partial charge is 0.240 e. The normalized spacial score (nSPS) is 13.1. The van der Waals surface area contributed by atoms with E-state index in [2.05, 4.69) is 25.9 Å². The van der Waals surface area contributed by atoms with Crippen molar-refractivity contribution in [3.63, 3.8) is 0 Å². The Hall–Kier alpha value is -0.960. The lowest BCUT2D eigenvalue weighted by Crippen LogP contribution is -1.94. The molecule has 0 radical (unpaired) electrons. The van der Waals surface area contributed by atoms with Crippen LogP contribution < -0.4 is 0 Å². The number of halogens is 1. The lowest BCUT2D eigenvalue weighted by atomic mass is 10.2. The van der Waals surface area contributed by atoms with Gasteiger partial charge in [-0.3, -0.25) is 0 Å². The van der Waals surface area contributed by atoms with E-state index >= 15 is 0 Å². The van der Waals surface area contributed by atoms with Crippen LogP contribution in [0.4, 0.5) is 0 Å². The number of benzene rings is 1. The van der Waals surface area contributed by atoms with Crippen molar-refractivity contribution in [3.05, 3.63) is 36.3 Å². The van der Waals surface area contributed by atoms with E-state index in [1.165, 1.54) is 0 Å². The highest BCUT2D eigenvalue weighted by Gasteiger charge is 2.04. The van der Waals surface area contributed by atoms with Crippen molar-refractivity contribution in [2.75, 3.05) is 0 Å². The van der Waals surface area contributed by atoms with Gasteiger partial charge in [0.15, 0.2) is 0 Å². The molecule has 0 aliphatic rings. The van der Waals surface area contributed by atoms with E-state index in [1.807, 2.05) is 37.4 Å². The Bertz CT molecular complexity index is 426. The van der Waals surface area contributed by atoms with Crippen LogP contribution in [0.15, 0.2) is 30.5 Å². The van der Waals surface area contributed by atoms with Crippen LogP contribution in [0.25, 0.3) is 10.9 Å². The summed E-state index contributed by atoms with van der Waals surface area (Å²) in [5.74, 6) is 0.832. The van der Waals surface area contributed by atoms with Crippen molar-refractivity contribution < 1.29 is 0 Å². The van der Waals surface area contributed by atoms with Crippen LogP contribution in [0.1, 0.15) is 17.6 Å². The number of fused-ring (bicyclic) bond motifs is 1. The number of para-hydroxylation sites is 1. The van der Waals surface area contributed by atoms with Crippen LogP contribution in [-0.2, 0) is 0 Å². The molecule has 0 spiro atoms. The minimum absolute atomic E-state index is 0.206. The first-order valence-corrected chi connectivity index (χ1v) is 5.04. The van der Waals surface area contributed by atoms with Gasteiger partial charge in [-0.2, -0.15) is 0 Å². The van der Waals surface area contributed by atoms with Gasteiger partial charge >= 0.3 is 0 Å². The van der Waals surface area contributed by atoms with Crippen molar-refractivity contribution >= 4 is 26.8 Å². The number of hydrogen-bond acceptors (Lipinski definition) is 2. The summed E-state index contributed by atoms with van der Waals surface area (Å²) in [6.07, 6.45) is 1.86. The molecular formula is C10H9BrN2. The van der Waals surface area contributed by atoms with E-state index in [1.54, 1.807) is 0 Å². The van der Waals surface area contributed by atoms with E-state index in [-0.39, 0.29) is 4.83 Å². The molecule has 0 saturated carbocycles. The summed E-state index contributed by atoms with van der Waals surface area (Å²) in [6.45, 7) is 2.02. The van der Waals surface area contributed by atoms with Crippen LogP contribution in [0, 0.1) is 0 Å². The summed E-state index contributed by atoms with van der Waals surface area (Å²) in [5.41, 5.74) is 0.999. The van der Waals surface area contributed by atoms with Gasteiger partial charge in [-0.05, 0) is 13.0 Å². The van der Waals surface area contributed by atoms with E-state index in [9.17, 15) is 0 Å². The van der Waals surface area contributed by atoms with Crippen LogP contribution in [-0.4, -0.2) is 9.97 Å². The Morgan fingerprint density at radius 3 is 2.85 bits per heavy atom. The predicted molar refractivity (Wildman–Crippen MR) is 56.9 cm³/mol. The fourth-order valence-electron chi connectivity index (χ4n) is 1.18. The Kier molecular flexibility index (Phi) is 2.27. The monoisotopic (exact) mass is 236 g/mol. The van der Waals surface area contributed by atoms with Gasteiger partial charge in [0.25, 0.3) is 0 Å². The molecule has 0 aliphatic heterocycles. The second-order valence-corrected chi connectivity index (χ2v) is 4.28. The fourth-order valence-corrected chi connectivity index (χ4v) is 1.40. The molecule has 1 atom stereocenters. The molecule has 13 heavy (non-hydrogen) atoms. The number of aromatic nitrogens is 2. The van der Waals surface area contributed by atoms with E-state index in [0.717, 1.165) is 16.7 Å². The highest BCUT2D eigenvalue weighted by molar-refractivity contribution is 9.09. The molecule has 66 valence electrons. The van der Waals surface area contributed by atoms with Crippen molar-refractivity contribution in [2.24, 2.45) is 0 Å². The molecule has 1 heterocycles. The maximum absolute atomic E-state index is 4.42. The number of rotatable bonds is 1.